The van der Waals surface area contributed by atoms with Gasteiger partial charge >= 0.3 is 0 Å². The van der Waals surface area contributed by atoms with Crippen molar-refractivity contribution in [1.82, 2.24) is 25.2 Å². The number of H-pyrrole nitrogens is 1. The van der Waals surface area contributed by atoms with Crippen molar-refractivity contribution in [3.8, 4) is 0 Å². The van der Waals surface area contributed by atoms with Crippen molar-refractivity contribution in [3.63, 3.8) is 0 Å². The standard InChI is InChI=1S/C15H14N6O2/c22-14(16-10-3-4-12-13(7-10)18-20-17-12)8-21-15(23)6-5-11(19-21)9-1-2-9/h3-7,9H,1-2,8H2,(H,16,22)(H,17,18,20). The van der Waals surface area contributed by atoms with Crippen LogP contribution in [0.15, 0.2) is 35.1 Å². The van der Waals surface area contributed by atoms with Crippen molar-refractivity contribution in [2.45, 2.75) is 25.3 Å². The summed E-state index contributed by atoms with van der Waals surface area (Å²) in [6.45, 7) is -0.115. The number of amides is 1. The summed E-state index contributed by atoms with van der Waals surface area (Å²) in [5.41, 5.74) is 2.58. The maximum Gasteiger partial charge on any atom is 0.267 e. The van der Waals surface area contributed by atoms with Crippen molar-refractivity contribution < 1.29 is 4.79 Å². The van der Waals surface area contributed by atoms with Crippen molar-refractivity contribution in [2.24, 2.45) is 0 Å². The molecule has 8 heteroatoms. The molecule has 116 valence electrons. The lowest BCUT2D eigenvalue weighted by Gasteiger charge is -2.07. The fraction of sp³-hybridized carbons (Fsp3) is 0.267. The molecule has 2 aromatic heterocycles. The number of anilines is 1. The van der Waals surface area contributed by atoms with E-state index in [1.54, 1.807) is 24.3 Å². The van der Waals surface area contributed by atoms with Gasteiger partial charge in [-0.3, -0.25) is 9.59 Å². The van der Waals surface area contributed by atoms with Gasteiger partial charge in [0.2, 0.25) is 5.91 Å². The molecule has 2 N–H and O–H groups in total. The fourth-order valence-corrected chi connectivity index (χ4v) is 2.43. The number of aromatic amines is 1. The molecule has 0 unspecified atom stereocenters. The Morgan fingerprint density at radius 1 is 1.22 bits per heavy atom. The number of fused-ring (bicyclic) bond motifs is 1. The second-order valence-electron chi connectivity index (χ2n) is 5.60. The number of carbonyl (C=O) groups excluding carboxylic acids is 1. The Balaban J connectivity index is 1.51. The summed E-state index contributed by atoms with van der Waals surface area (Å²) >= 11 is 0. The highest BCUT2D eigenvalue weighted by molar-refractivity contribution is 5.92. The van der Waals surface area contributed by atoms with Gasteiger partial charge in [-0.2, -0.15) is 20.5 Å². The normalized spacial score (nSPS) is 14.1. The van der Waals surface area contributed by atoms with Gasteiger partial charge in [0.15, 0.2) is 0 Å². The molecule has 8 nitrogen and oxygen atoms in total. The van der Waals surface area contributed by atoms with E-state index in [2.05, 4.69) is 25.8 Å². The van der Waals surface area contributed by atoms with E-state index in [9.17, 15) is 9.59 Å². The average Bonchev–Trinajstić information content (AvgIpc) is 3.27. The Morgan fingerprint density at radius 3 is 2.87 bits per heavy atom. The first-order valence-electron chi connectivity index (χ1n) is 7.37. The first-order chi connectivity index (χ1) is 11.2. The van der Waals surface area contributed by atoms with Gasteiger partial charge in [-0.05, 0) is 37.1 Å². The van der Waals surface area contributed by atoms with Crippen LogP contribution >= 0.6 is 0 Å². The number of hydrogen-bond acceptors (Lipinski definition) is 5. The topological polar surface area (TPSA) is 106 Å². The second-order valence-corrected chi connectivity index (χ2v) is 5.60. The van der Waals surface area contributed by atoms with Gasteiger partial charge in [0, 0.05) is 17.7 Å². The monoisotopic (exact) mass is 310 g/mol. The van der Waals surface area contributed by atoms with E-state index in [0.29, 0.717) is 17.1 Å². The average molecular weight is 310 g/mol. The van der Waals surface area contributed by atoms with Crippen LogP contribution in [0.2, 0.25) is 0 Å². The minimum absolute atomic E-state index is 0.115. The van der Waals surface area contributed by atoms with Crippen LogP contribution < -0.4 is 10.9 Å². The lowest BCUT2D eigenvalue weighted by molar-refractivity contribution is -0.117. The van der Waals surface area contributed by atoms with Gasteiger partial charge in [-0.25, -0.2) is 4.68 Å². The van der Waals surface area contributed by atoms with Gasteiger partial charge < -0.3 is 5.32 Å². The molecule has 2 heterocycles. The SMILES string of the molecule is O=C(Cn1nc(C2CC2)ccc1=O)Nc1ccc2n[nH]nc2c1. The molecular weight excluding hydrogens is 296 g/mol. The molecule has 0 saturated heterocycles. The minimum atomic E-state index is -0.310. The third-order valence-corrected chi connectivity index (χ3v) is 3.78. The van der Waals surface area contributed by atoms with Gasteiger partial charge in [-0.1, -0.05) is 0 Å². The van der Waals surface area contributed by atoms with Crippen molar-refractivity contribution in [2.75, 3.05) is 5.32 Å². The molecule has 1 fully saturated rings. The van der Waals surface area contributed by atoms with E-state index < -0.39 is 0 Å². The summed E-state index contributed by atoms with van der Waals surface area (Å²) in [6.07, 6.45) is 2.18. The summed E-state index contributed by atoms with van der Waals surface area (Å²) in [5.74, 6) is 0.120. The minimum Gasteiger partial charge on any atom is -0.324 e. The molecule has 0 bridgehead atoms. The summed E-state index contributed by atoms with van der Waals surface area (Å²) in [7, 11) is 0. The molecular formula is C15H14N6O2. The van der Waals surface area contributed by atoms with Gasteiger partial charge in [0.1, 0.15) is 17.6 Å². The smallest absolute Gasteiger partial charge is 0.267 e. The lowest BCUT2D eigenvalue weighted by atomic mass is 10.2. The summed E-state index contributed by atoms with van der Waals surface area (Å²) in [6, 6.07) is 8.42. The highest BCUT2D eigenvalue weighted by atomic mass is 16.2. The first-order valence-corrected chi connectivity index (χ1v) is 7.37. The van der Waals surface area contributed by atoms with Crippen LogP contribution in [0.3, 0.4) is 0 Å². The van der Waals surface area contributed by atoms with E-state index in [-0.39, 0.29) is 18.0 Å². The predicted octanol–water partition coefficient (Wildman–Crippen LogP) is 1.03. The molecule has 1 aliphatic rings. The van der Waals surface area contributed by atoms with Crippen LogP contribution in [0.25, 0.3) is 11.0 Å². The van der Waals surface area contributed by atoms with E-state index in [4.69, 9.17) is 0 Å². The van der Waals surface area contributed by atoms with E-state index in [1.165, 1.54) is 10.7 Å². The number of hydrogen-bond donors (Lipinski definition) is 2. The molecule has 0 spiro atoms. The van der Waals surface area contributed by atoms with E-state index >= 15 is 0 Å². The molecule has 23 heavy (non-hydrogen) atoms. The first kappa shape index (κ1) is 13.6. The third kappa shape index (κ3) is 2.83. The van der Waals surface area contributed by atoms with Crippen LogP contribution in [0, 0.1) is 0 Å². The van der Waals surface area contributed by atoms with Gasteiger partial charge in [-0.15, -0.1) is 0 Å². The summed E-state index contributed by atoms with van der Waals surface area (Å²) in [4.78, 5) is 24.0. The maximum atomic E-state index is 12.2. The zero-order chi connectivity index (χ0) is 15.8. The van der Waals surface area contributed by atoms with Crippen LogP contribution in [0.5, 0.6) is 0 Å². The second kappa shape index (κ2) is 5.31. The van der Waals surface area contributed by atoms with Crippen LogP contribution in [-0.4, -0.2) is 31.1 Å². The van der Waals surface area contributed by atoms with Crippen LogP contribution in [0.4, 0.5) is 5.69 Å². The fourth-order valence-electron chi connectivity index (χ4n) is 2.43. The predicted molar refractivity (Wildman–Crippen MR) is 83.0 cm³/mol. The van der Waals surface area contributed by atoms with E-state index in [1.807, 2.05) is 0 Å². The molecule has 0 aliphatic heterocycles. The lowest BCUT2D eigenvalue weighted by Crippen LogP contribution is -2.29. The van der Waals surface area contributed by atoms with Crippen molar-refractivity contribution in [3.05, 3.63) is 46.4 Å². The van der Waals surface area contributed by atoms with Gasteiger partial charge in [0.05, 0.1) is 5.69 Å². The maximum absolute atomic E-state index is 12.2. The molecule has 1 amide bonds. The molecule has 3 aromatic rings. The third-order valence-electron chi connectivity index (χ3n) is 3.78. The number of benzene rings is 1. The molecule has 0 atom stereocenters. The molecule has 1 aromatic carbocycles. The summed E-state index contributed by atoms with van der Waals surface area (Å²) < 4.78 is 1.21. The Kier molecular flexibility index (Phi) is 3.14. The Morgan fingerprint density at radius 2 is 2.04 bits per heavy atom. The highest BCUT2D eigenvalue weighted by Crippen LogP contribution is 2.38. The number of aromatic nitrogens is 5. The summed E-state index contributed by atoms with van der Waals surface area (Å²) in [5, 5.41) is 17.5. The molecule has 0 radical (unpaired) electrons. The zero-order valence-electron chi connectivity index (χ0n) is 12.2. The number of nitrogens with zero attached hydrogens (tertiary/aromatic N) is 4. The Hall–Kier alpha value is -3.03. The molecule has 1 saturated carbocycles. The molecule has 4 rings (SSSR count). The van der Waals surface area contributed by atoms with Crippen LogP contribution in [-0.2, 0) is 11.3 Å². The Bertz CT molecular complexity index is 940. The van der Waals surface area contributed by atoms with Gasteiger partial charge in [0.25, 0.3) is 5.56 Å². The van der Waals surface area contributed by atoms with Crippen molar-refractivity contribution in [1.29, 1.82) is 0 Å². The molecule has 1 aliphatic carbocycles. The highest BCUT2D eigenvalue weighted by Gasteiger charge is 2.25. The van der Waals surface area contributed by atoms with Crippen LogP contribution in [0.1, 0.15) is 24.5 Å². The quantitative estimate of drug-likeness (QED) is 0.748. The van der Waals surface area contributed by atoms with Crippen molar-refractivity contribution >= 4 is 22.6 Å². The number of carbonyl (C=O) groups is 1. The Labute approximate surface area is 130 Å². The largest absolute Gasteiger partial charge is 0.324 e. The number of rotatable bonds is 4. The zero-order valence-corrected chi connectivity index (χ0v) is 12.2. The van der Waals surface area contributed by atoms with E-state index in [0.717, 1.165) is 24.1 Å². The number of nitrogens with one attached hydrogen (secondary N) is 2.